The number of benzene rings is 1. The first-order valence-corrected chi connectivity index (χ1v) is 7.05. The highest BCUT2D eigenvalue weighted by Crippen LogP contribution is 2.29. The number of rotatable bonds is 3. The fourth-order valence-electron chi connectivity index (χ4n) is 1.42. The molecule has 1 heterocycles. The highest BCUT2D eigenvalue weighted by atomic mass is 79.9. The van der Waals surface area contributed by atoms with Gasteiger partial charge in [-0.05, 0) is 46.3 Å². The van der Waals surface area contributed by atoms with E-state index in [1.54, 1.807) is 6.07 Å². The number of hydrogen-bond acceptors (Lipinski definition) is 3. The zero-order valence-corrected chi connectivity index (χ0v) is 13.3. The molecule has 19 heavy (non-hydrogen) atoms. The molecule has 4 nitrogen and oxygen atoms in total. The Hall–Kier alpha value is -1.11. The van der Waals surface area contributed by atoms with Gasteiger partial charge >= 0.3 is 5.97 Å². The van der Waals surface area contributed by atoms with Crippen LogP contribution in [-0.4, -0.2) is 16.1 Å². The van der Waals surface area contributed by atoms with Crippen molar-refractivity contribution in [3.63, 3.8) is 0 Å². The lowest BCUT2D eigenvalue weighted by molar-refractivity contribution is 0.0697. The Morgan fingerprint density at radius 2 is 2.00 bits per heavy atom. The largest absolute Gasteiger partial charge is 0.478 e. The van der Waals surface area contributed by atoms with Gasteiger partial charge in [0.25, 0.3) is 0 Å². The molecule has 98 valence electrons. The predicted octanol–water partition coefficient (Wildman–Crippen LogP) is 4.70. The molecule has 2 rings (SSSR count). The van der Waals surface area contributed by atoms with Gasteiger partial charge in [0.1, 0.15) is 16.5 Å². The third kappa shape index (κ3) is 3.46. The van der Waals surface area contributed by atoms with Crippen LogP contribution in [0.2, 0.25) is 5.15 Å². The summed E-state index contributed by atoms with van der Waals surface area (Å²) in [5, 5.41) is 12.3. The fraction of sp³-hybridized carbons (Fsp3) is 0. The average molecular weight is 406 g/mol. The molecule has 2 aromatic rings. The standard InChI is InChI=1S/C12H7Br2ClN2O2/c13-6-1-3-9(8(14)5-6)16-11-7(12(18)19)2-4-10(15)17-11/h1-5H,(H,16,17)(H,18,19). The van der Waals surface area contributed by atoms with E-state index in [0.717, 1.165) is 8.95 Å². The number of carboxylic acid groups (broad SMARTS) is 1. The van der Waals surface area contributed by atoms with E-state index < -0.39 is 5.97 Å². The molecule has 0 aliphatic carbocycles. The molecule has 0 atom stereocenters. The first-order valence-electron chi connectivity index (χ1n) is 5.09. The van der Waals surface area contributed by atoms with Crippen LogP contribution in [0.1, 0.15) is 10.4 Å². The van der Waals surface area contributed by atoms with E-state index in [4.69, 9.17) is 16.7 Å². The van der Waals surface area contributed by atoms with Crippen molar-refractivity contribution < 1.29 is 9.90 Å². The third-order valence-electron chi connectivity index (χ3n) is 2.28. The Labute approximate surface area is 131 Å². The van der Waals surface area contributed by atoms with Gasteiger partial charge < -0.3 is 10.4 Å². The number of carbonyl (C=O) groups is 1. The molecule has 7 heteroatoms. The molecule has 0 saturated carbocycles. The van der Waals surface area contributed by atoms with Crippen molar-refractivity contribution in [2.45, 2.75) is 0 Å². The first kappa shape index (κ1) is 14.3. The van der Waals surface area contributed by atoms with Gasteiger partial charge in [-0.1, -0.05) is 27.5 Å². The molecule has 0 saturated heterocycles. The second-order valence-corrected chi connectivity index (χ2v) is 5.74. The van der Waals surface area contributed by atoms with Crippen LogP contribution in [0.3, 0.4) is 0 Å². The Balaban J connectivity index is 2.42. The Morgan fingerprint density at radius 1 is 1.26 bits per heavy atom. The second-order valence-electron chi connectivity index (χ2n) is 3.58. The summed E-state index contributed by atoms with van der Waals surface area (Å²) in [6, 6.07) is 8.31. The van der Waals surface area contributed by atoms with Crippen LogP contribution in [0.15, 0.2) is 39.3 Å². The van der Waals surface area contributed by atoms with E-state index in [-0.39, 0.29) is 16.5 Å². The lowest BCUT2D eigenvalue weighted by Crippen LogP contribution is -2.05. The van der Waals surface area contributed by atoms with E-state index in [9.17, 15) is 4.79 Å². The van der Waals surface area contributed by atoms with E-state index >= 15 is 0 Å². The van der Waals surface area contributed by atoms with Gasteiger partial charge in [0.05, 0.1) is 5.69 Å². The van der Waals surface area contributed by atoms with Crippen LogP contribution < -0.4 is 5.32 Å². The second kappa shape index (κ2) is 5.90. The van der Waals surface area contributed by atoms with Gasteiger partial charge in [0, 0.05) is 8.95 Å². The number of aromatic carboxylic acids is 1. The number of nitrogens with zero attached hydrogens (tertiary/aromatic N) is 1. The molecule has 2 N–H and O–H groups in total. The lowest BCUT2D eigenvalue weighted by atomic mass is 10.2. The summed E-state index contributed by atoms with van der Waals surface area (Å²) >= 11 is 12.5. The highest BCUT2D eigenvalue weighted by molar-refractivity contribution is 9.11. The average Bonchev–Trinajstić information content (AvgIpc) is 2.32. The molecule has 1 aromatic carbocycles. The number of pyridine rings is 1. The fourth-order valence-corrected chi connectivity index (χ4v) is 2.72. The van der Waals surface area contributed by atoms with Crippen molar-refractivity contribution in [1.29, 1.82) is 0 Å². The van der Waals surface area contributed by atoms with Crippen LogP contribution >= 0.6 is 43.5 Å². The van der Waals surface area contributed by atoms with Gasteiger partial charge in [-0.2, -0.15) is 0 Å². The van der Waals surface area contributed by atoms with E-state index in [1.807, 2.05) is 12.1 Å². The monoisotopic (exact) mass is 404 g/mol. The van der Waals surface area contributed by atoms with Crippen LogP contribution in [0, 0.1) is 0 Å². The van der Waals surface area contributed by atoms with E-state index in [2.05, 4.69) is 42.2 Å². The minimum absolute atomic E-state index is 0.0548. The summed E-state index contributed by atoms with van der Waals surface area (Å²) in [6.45, 7) is 0. The van der Waals surface area contributed by atoms with Gasteiger partial charge in [-0.15, -0.1) is 0 Å². The van der Waals surface area contributed by atoms with Gasteiger partial charge in [-0.3, -0.25) is 0 Å². The van der Waals surface area contributed by atoms with Crippen molar-refractivity contribution >= 4 is 60.9 Å². The third-order valence-corrected chi connectivity index (χ3v) is 3.64. The number of hydrogen-bond donors (Lipinski definition) is 2. The van der Waals surface area contributed by atoms with Crippen molar-refractivity contribution in [2.75, 3.05) is 5.32 Å². The molecule has 0 amide bonds. The maximum absolute atomic E-state index is 11.1. The lowest BCUT2D eigenvalue weighted by Gasteiger charge is -2.10. The number of aromatic nitrogens is 1. The summed E-state index contributed by atoms with van der Waals surface area (Å²) in [5.41, 5.74) is 0.750. The van der Waals surface area contributed by atoms with Crippen LogP contribution in [0.5, 0.6) is 0 Å². The number of halogens is 3. The predicted molar refractivity (Wildman–Crippen MR) is 81.3 cm³/mol. The number of anilines is 2. The summed E-state index contributed by atoms with van der Waals surface area (Å²) < 4.78 is 1.68. The van der Waals surface area contributed by atoms with Crippen LogP contribution in [0.25, 0.3) is 0 Å². The van der Waals surface area contributed by atoms with Gasteiger partial charge in [0.2, 0.25) is 0 Å². The quantitative estimate of drug-likeness (QED) is 0.726. The van der Waals surface area contributed by atoms with Crippen molar-refractivity contribution in [1.82, 2.24) is 4.98 Å². The normalized spacial score (nSPS) is 10.3. The van der Waals surface area contributed by atoms with Crippen molar-refractivity contribution in [2.24, 2.45) is 0 Å². The number of nitrogens with one attached hydrogen (secondary N) is 1. The van der Waals surface area contributed by atoms with Gasteiger partial charge in [0.15, 0.2) is 0 Å². The molecule has 0 aliphatic heterocycles. The summed E-state index contributed by atoms with van der Waals surface area (Å²) in [5.74, 6) is -0.872. The Morgan fingerprint density at radius 3 is 2.63 bits per heavy atom. The molecular formula is C12H7Br2ClN2O2. The molecule has 0 bridgehead atoms. The van der Waals surface area contributed by atoms with Crippen molar-refractivity contribution in [3.8, 4) is 0 Å². The highest BCUT2D eigenvalue weighted by Gasteiger charge is 2.13. The SMILES string of the molecule is O=C(O)c1ccc(Cl)nc1Nc1ccc(Br)cc1Br. The number of carboxylic acids is 1. The summed E-state index contributed by atoms with van der Waals surface area (Å²) in [6.07, 6.45) is 0. The van der Waals surface area contributed by atoms with E-state index in [0.29, 0.717) is 5.69 Å². The zero-order valence-electron chi connectivity index (χ0n) is 9.32. The summed E-state index contributed by atoms with van der Waals surface area (Å²) in [7, 11) is 0. The minimum atomic E-state index is -1.07. The molecule has 1 aromatic heterocycles. The maximum atomic E-state index is 11.1. The molecular weight excluding hydrogens is 399 g/mol. The van der Waals surface area contributed by atoms with E-state index in [1.165, 1.54) is 12.1 Å². The summed E-state index contributed by atoms with van der Waals surface area (Å²) in [4.78, 5) is 15.1. The Kier molecular flexibility index (Phi) is 4.44. The Bertz CT molecular complexity index is 650. The minimum Gasteiger partial charge on any atom is -0.478 e. The van der Waals surface area contributed by atoms with Crippen LogP contribution in [-0.2, 0) is 0 Å². The maximum Gasteiger partial charge on any atom is 0.339 e. The van der Waals surface area contributed by atoms with Gasteiger partial charge in [-0.25, -0.2) is 9.78 Å². The zero-order chi connectivity index (χ0) is 14.0. The first-order chi connectivity index (χ1) is 8.97. The molecule has 0 spiro atoms. The topological polar surface area (TPSA) is 62.2 Å². The smallest absolute Gasteiger partial charge is 0.339 e. The molecule has 0 aliphatic rings. The molecule has 0 radical (unpaired) electrons. The van der Waals surface area contributed by atoms with Crippen LogP contribution in [0.4, 0.5) is 11.5 Å². The van der Waals surface area contributed by atoms with Crippen molar-refractivity contribution in [3.05, 3.63) is 50.0 Å². The molecule has 0 fully saturated rings. The molecule has 0 unspecified atom stereocenters.